The first-order valence-electron chi connectivity index (χ1n) is 11.0. The number of halogens is 1. The molecule has 0 saturated carbocycles. The van der Waals surface area contributed by atoms with Crippen LogP contribution >= 0.6 is 11.6 Å². The summed E-state index contributed by atoms with van der Waals surface area (Å²) in [6, 6.07) is 10.0. The van der Waals surface area contributed by atoms with Crippen molar-refractivity contribution in [2.24, 2.45) is 0 Å². The largest absolute Gasteiger partial charge is 0.493 e. The first-order chi connectivity index (χ1) is 16.2. The molecule has 178 valence electrons. The molecule has 0 aromatic heterocycles. The zero-order chi connectivity index (χ0) is 24.6. The lowest BCUT2D eigenvalue weighted by atomic mass is 9.73. The highest BCUT2D eigenvalue weighted by Gasteiger charge is 2.39. The number of Topliss-reactive ketones (excluding diaryl/α,β-unsaturated/α-hetero) is 1. The maximum atomic E-state index is 13.3. The van der Waals surface area contributed by atoms with Gasteiger partial charge < -0.3 is 14.8 Å². The Bertz CT molecular complexity index is 1210. The van der Waals surface area contributed by atoms with Crippen molar-refractivity contribution in [2.45, 2.75) is 51.0 Å². The van der Waals surface area contributed by atoms with E-state index in [4.69, 9.17) is 21.1 Å². The number of nitrogens with zero attached hydrogens (tertiary/aromatic N) is 1. The van der Waals surface area contributed by atoms with E-state index in [1.165, 1.54) is 12.1 Å². The van der Waals surface area contributed by atoms with E-state index in [0.29, 0.717) is 34.8 Å². The van der Waals surface area contributed by atoms with E-state index in [-0.39, 0.29) is 47.3 Å². The Hall–Kier alpha value is -3.39. The van der Waals surface area contributed by atoms with Gasteiger partial charge in [0.05, 0.1) is 18.1 Å². The van der Waals surface area contributed by atoms with Crippen LogP contribution in [0.1, 0.15) is 56.1 Å². The quantitative estimate of drug-likeness (QED) is 0.454. The molecule has 4 rings (SSSR count). The van der Waals surface area contributed by atoms with Gasteiger partial charge in [-0.2, -0.15) is 0 Å². The Kier molecular flexibility index (Phi) is 6.61. The number of hydrogen-bond acceptors (Lipinski definition) is 6. The van der Waals surface area contributed by atoms with Gasteiger partial charge in [0.15, 0.2) is 17.3 Å². The lowest BCUT2D eigenvalue weighted by Crippen LogP contribution is -2.38. The molecule has 0 fully saturated rings. The number of hydrogen-bond donors (Lipinski definition) is 1. The molecule has 1 heterocycles. The lowest BCUT2D eigenvalue weighted by molar-refractivity contribution is -0.384. The Morgan fingerprint density at radius 2 is 1.79 bits per heavy atom. The van der Waals surface area contributed by atoms with Gasteiger partial charge in [-0.05, 0) is 55.5 Å². The number of carbonyl (C=O) groups is 2. The van der Waals surface area contributed by atoms with Crippen molar-refractivity contribution in [3.8, 4) is 11.5 Å². The number of rotatable bonds is 6. The molecular weight excluding hydrogens is 460 g/mol. The number of ketones is 1. The number of methoxy groups -OCH3 is 1. The molecule has 1 aliphatic carbocycles. The van der Waals surface area contributed by atoms with Gasteiger partial charge in [-0.1, -0.05) is 23.7 Å². The summed E-state index contributed by atoms with van der Waals surface area (Å²) >= 11 is 5.96. The molecule has 1 N–H and O–H groups in total. The topological polar surface area (TPSA) is 108 Å². The average Bonchev–Trinajstić information content (AvgIpc) is 2.78. The highest BCUT2D eigenvalue weighted by molar-refractivity contribution is 6.32. The van der Waals surface area contributed by atoms with Crippen molar-refractivity contribution in [3.63, 3.8) is 0 Å². The van der Waals surface area contributed by atoms with Crippen LogP contribution < -0.4 is 14.8 Å². The first kappa shape index (κ1) is 23.8. The predicted octanol–water partition coefficient (Wildman–Crippen LogP) is 5.05. The second kappa shape index (κ2) is 9.46. The van der Waals surface area contributed by atoms with Crippen LogP contribution in [0.3, 0.4) is 0 Å². The van der Waals surface area contributed by atoms with Crippen molar-refractivity contribution in [2.75, 3.05) is 7.11 Å². The Morgan fingerprint density at radius 1 is 1.06 bits per heavy atom. The van der Waals surface area contributed by atoms with Crippen molar-refractivity contribution in [1.29, 1.82) is 0 Å². The van der Waals surface area contributed by atoms with Crippen LogP contribution in [0.25, 0.3) is 0 Å². The molecule has 8 nitrogen and oxygen atoms in total. The Labute approximate surface area is 202 Å². The zero-order valence-electron chi connectivity index (χ0n) is 19.1. The number of nitro groups is 1. The molecule has 34 heavy (non-hydrogen) atoms. The number of allylic oxidation sites excluding steroid dienone is 2. The summed E-state index contributed by atoms with van der Waals surface area (Å²) in [5.74, 6) is 0.191. The maximum absolute atomic E-state index is 13.3. The fourth-order valence-electron chi connectivity index (χ4n) is 4.66. The molecule has 2 aliphatic rings. The summed E-state index contributed by atoms with van der Waals surface area (Å²) in [7, 11) is 1.57. The second-order valence-corrected chi connectivity index (χ2v) is 9.18. The monoisotopic (exact) mass is 484 g/mol. The van der Waals surface area contributed by atoms with E-state index in [9.17, 15) is 19.7 Å². The number of nitrogens with one attached hydrogen (secondary N) is 1. The number of ether oxygens (including phenoxy) is 2. The van der Waals surface area contributed by atoms with Gasteiger partial charge in [0, 0.05) is 36.1 Å². The van der Waals surface area contributed by atoms with Gasteiger partial charge in [0.1, 0.15) is 5.02 Å². The van der Waals surface area contributed by atoms with Gasteiger partial charge in [0.25, 0.3) is 5.69 Å². The number of benzene rings is 2. The molecule has 1 amide bonds. The zero-order valence-corrected chi connectivity index (χ0v) is 19.8. The molecule has 2 aromatic carbocycles. The minimum Gasteiger partial charge on any atom is -0.493 e. The molecule has 1 aliphatic heterocycles. The fraction of sp³-hybridized carbons (Fsp3) is 0.360. The minimum atomic E-state index is -0.567. The fourth-order valence-corrected chi connectivity index (χ4v) is 4.84. The molecule has 0 saturated heterocycles. The summed E-state index contributed by atoms with van der Waals surface area (Å²) in [5.41, 5.74) is 2.28. The van der Waals surface area contributed by atoms with Gasteiger partial charge >= 0.3 is 0 Å². The molecule has 9 heteroatoms. The van der Waals surface area contributed by atoms with Crippen LogP contribution in [0.5, 0.6) is 11.5 Å². The maximum Gasteiger partial charge on any atom is 0.288 e. The van der Waals surface area contributed by atoms with E-state index in [1.807, 2.05) is 32.0 Å². The normalized spacial score (nSPS) is 20.1. The van der Waals surface area contributed by atoms with Crippen LogP contribution in [0.15, 0.2) is 47.7 Å². The summed E-state index contributed by atoms with van der Waals surface area (Å²) in [6.45, 7) is 3.86. The first-order valence-corrected chi connectivity index (χ1v) is 11.4. The molecule has 2 unspecified atom stereocenters. The van der Waals surface area contributed by atoms with Crippen LogP contribution in [0.4, 0.5) is 5.69 Å². The van der Waals surface area contributed by atoms with Gasteiger partial charge in [-0.3, -0.25) is 19.7 Å². The number of amides is 1. The van der Waals surface area contributed by atoms with Gasteiger partial charge in [-0.25, -0.2) is 0 Å². The van der Waals surface area contributed by atoms with Crippen molar-refractivity contribution in [3.05, 3.63) is 73.9 Å². The third kappa shape index (κ3) is 4.63. The van der Waals surface area contributed by atoms with Gasteiger partial charge in [0.2, 0.25) is 5.91 Å². The van der Waals surface area contributed by atoms with E-state index in [2.05, 4.69) is 5.32 Å². The van der Waals surface area contributed by atoms with Gasteiger partial charge in [-0.15, -0.1) is 0 Å². The SMILES string of the molecule is COc1cc(C2CC(=O)C3=C(C2)NC(=O)CC3c2ccc(Cl)c([N+](=O)[O-])c2)ccc1OC(C)C. The molecule has 2 aromatic rings. The van der Waals surface area contributed by atoms with Crippen molar-refractivity contribution >= 4 is 29.0 Å². The third-order valence-electron chi connectivity index (χ3n) is 6.13. The molecule has 0 bridgehead atoms. The highest BCUT2D eigenvalue weighted by atomic mass is 35.5. The predicted molar refractivity (Wildman–Crippen MR) is 126 cm³/mol. The molecular formula is C25H25ClN2O6. The van der Waals surface area contributed by atoms with Crippen LogP contribution in [-0.4, -0.2) is 29.8 Å². The van der Waals surface area contributed by atoms with E-state index in [0.717, 1.165) is 5.56 Å². The highest BCUT2D eigenvalue weighted by Crippen LogP contribution is 2.44. The third-order valence-corrected chi connectivity index (χ3v) is 6.45. The van der Waals surface area contributed by atoms with Crippen molar-refractivity contribution < 1.29 is 24.0 Å². The van der Waals surface area contributed by atoms with E-state index < -0.39 is 10.8 Å². The summed E-state index contributed by atoms with van der Waals surface area (Å²) < 4.78 is 11.3. The minimum absolute atomic E-state index is 0.0112. The number of carbonyl (C=O) groups excluding carboxylic acids is 2. The van der Waals surface area contributed by atoms with Crippen LogP contribution in [0, 0.1) is 10.1 Å². The van der Waals surface area contributed by atoms with Crippen LogP contribution in [-0.2, 0) is 9.59 Å². The summed E-state index contributed by atoms with van der Waals surface area (Å²) in [6.07, 6.45) is 0.756. The van der Waals surface area contributed by atoms with E-state index >= 15 is 0 Å². The van der Waals surface area contributed by atoms with E-state index in [1.54, 1.807) is 13.2 Å². The van der Waals surface area contributed by atoms with Crippen LogP contribution in [0.2, 0.25) is 5.02 Å². The number of nitro benzene ring substituents is 1. The van der Waals surface area contributed by atoms with Crippen molar-refractivity contribution in [1.82, 2.24) is 5.32 Å². The Balaban J connectivity index is 1.68. The lowest BCUT2D eigenvalue weighted by Gasteiger charge is -2.34. The molecule has 0 radical (unpaired) electrons. The standard InChI is InChI=1S/C25H25ClN2O6/c1-13(2)34-22-7-5-14(11-23(22)33-3)16-8-19-25(21(29)10-16)17(12-24(30)27-19)15-4-6-18(26)20(9-15)28(31)32/h4-7,9,11,13,16-17H,8,10,12H2,1-3H3,(H,27,30). The molecule has 0 spiro atoms. The average molecular weight is 485 g/mol. The molecule has 2 atom stereocenters. The summed E-state index contributed by atoms with van der Waals surface area (Å²) in [5, 5.41) is 14.2. The summed E-state index contributed by atoms with van der Waals surface area (Å²) in [4.78, 5) is 36.6. The Morgan fingerprint density at radius 3 is 2.47 bits per heavy atom. The second-order valence-electron chi connectivity index (χ2n) is 8.77. The smallest absolute Gasteiger partial charge is 0.288 e.